The van der Waals surface area contributed by atoms with E-state index >= 15 is 0 Å². The van der Waals surface area contributed by atoms with Crippen LogP contribution in [0.3, 0.4) is 0 Å². The van der Waals surface area contributed by atoms with E-state index in [2.05, 4.69) is 10.0 Å². The first-order valence-electron chi connectivity index (χ1n) is 12.3. The normalized spacial score (nSPS) is 12.1. The van der Waals surface area contributed by atoms with Gasteiger partial charge < -0.3 is 39.1 Å². The third-order valence-electron chi connectivity index (χ3n) is 4.57. The van der Waals surface area contributed by atoms with Gasteiger partial charge in [0.05, 0.1) is 84.2 Å². The lowest BCUT2D eigenvalue weighted by molar-refractivity contribution is -0.167. The minimum Gasteiger partial charge on any atom is -0.378 e. The van der Waals surface area contributed by atoms with Crippen LogP contribution in [0.4, 0.5) is 18.9 Å². The molecule has 0 bridgehead atoms. The molecule has 1 rings (SSSR count). The Hall–Kier alpha value is -1.89. The second-order valence-corrected chi connectivity index (χ2v) is 9.42. The van der Waals surface area contributed by atoms with E-state index in [4.69, 9.17) is 28.4 Å². The van der Waals surface area contributed by atoms with E-state index in [0.29, 0.717) is 66.1 Å². The molecule has 226 valence electrons. The number of alkyl halides is 3. The molecule has 0 unspecified atom stereocenters. The molecule has 39 heavy (non-hydrogen) atoms. The summed E-state index contributed by atoms with van der Waals surface area (Å²) < 4.78 is 95.7. The maximum atomic E-state index is 12.3. The van der Waals surface area contributed by atoms with Crippen LogP contribution in [0.25, 0.3) is 0 Å². The van der Waals surface area contributed by atoms with Gasteiger partial charge in [-0.3, -0.25) is 4.79 Å². The third kappa shape index (κ3) is 18.2. The number of hydrogen-bond donors (Lipinski definition) is 3. The Kier molecular flexibility index (Phi) is 18.9. The van der Waals surface area contributed by atoms with Crippen molar-refractivity contribution in [3.8, 4) is 0 Å². The number of rotatable bonds is 24. The molecule has 0 spiro atoms. The van der Waals surface area contributed by atoms with Crippen molar-refractivity contribution in [2.24, 2.45) is 0 Å². The number of ether oxygens (including phenoxy) is 6. The number of hydrogen-bond acceptors (Lipinski definition) is 10. The van der Waals surface area contributed by atoms with Gasteiger partial charge in [0.2, 0.25) is 10.0 Å². The van der Waals surface area contributed by atoms with Crippen LogP contribution in [0, 0.1) is 0 Å². The SMILES string of the molecule is CNCCOCCOCCOCCOCCOCCOCCNS(=O)(=O)c1ccc(NC(=O)C(F)(F)F)cc1. The van der Waals surface area contributed by atoms with Crippen molar-refractivity contribution < 1.29 is 54.8 Å². The Bertz CT molecular complexity index is 876. The number of nitrogens with one attached hydrogen (secondary N) is 3. The molecule has 12 nitrogen and oxygen atoms in total. The lowest BCUT2D eigenvalue weighted by Crippen LogP contribution is -2.30. The number of amides is 1. The van der Waals surface area contributed by atoms with Crippen molar-refractivity contribution in [3.63, 3.8) is 0 Å². The summed E-state index contributed by atoms with van der Waals surface area (Å²) in [5, 5.41) is 4.62. The fourth-order valence-electron chi connectivity index (χ4n) is 2.63. The second kappa shape index (κ2) is 20.9. The molecule has 0 saturated heterocycles. The summed E-state index contributed by atoms with van der Waals surface area (Å²) in [7, 11) is -2.03. The fraction of sp³-hybridized carbons (Fsp3) is 0.696. The van der Waals surface area contributed by atoms with Crippen LogP contribution in [0.1, 0.15) is 0 Å². The molecule has 1 aromatic carbocycles. The minimum atomic E-state index is -5.04. The highest BCUT2D eigenvalue weighted by Gasteiger charge is 2.38. The van der Waals surface area contributed by atoms with Gasteiger partial charge in [0.1, 0.15) is 0 Å². The van der Waals surface area contributed by atoms with E-state index in [1.54, 1.807) is 5.32 Å². The largest absolute Gasteiger partial charge is 0.471 e. The molecule has 3 N–H and O–H groups in total. The maximum Gasteiger partial charge on any atom is 0.471 e. The van der Waals surface area contributed by atoms with Crippen molar-refractivity contribution in [2.75, 3.05) is 105 Å². The van der Waals surface area contributed by atoms with Crippen molar-refractivity contribution >= 4 is 21.6 Å². The zero-order valence-corrected chi connectivity index (χ0v) is 22.7. The Labute approximate surface area is 226 Å². The highest BCUT2D eigenvalue weighted by atomic mass is 32.2. The topological polar surface area (TPSA) is 143 Å². The summed E-state index contributed by atoms with van der Waals surface area (Å²) in [6.45, 7) is 5.74. The number of benzene rings is 1. The minimum absolute atomic E-state index is 0.0203. The third-order valence-corrected chi connectivity index (χ3v) is 6.05. The van der Waals surface area contributed by atoms with Crippen molar-refractivity contribution in [1.29, 1.82) is 0 Å². The van der Waals surface area contributed by atoms with Gasteiger partial charge in [0.15, 0.2) is 0 Å². The summed E-state index contributed by atoms with van der Waals surface area (Å²) in [5.74, 6) is -2.15. The summed E-state index contributed by atoms with van der Waals surface area (Å²) in [5.41, 5.74) is -0.183. The summed E-state index contributed by atoms with van der Waals surface area (Å²) in [6, 6.07) is 4.28. The van der Waals surface area contributed by atoms with Gasteiger partial charge in [0.25, 0.3) is 0 Å². The van der Waals surface area contributed by atoms with Crippen LogP contribution < -0.4 is 15.4 Å². The van der Waals surface area contributed by atoms with Crippen molar-refractivity contribution in [2.45, 2.75) is 11.1 Å². The van der Waals surface area contributed by atoms with Crippen LogP contribution in [0.15, 0.2) is 29.2 Å². The van der Waals surface area contributed by atoms with Gasteiger partial charge in [-0.2, -0.15) is 13.2 Å². The lowest BCUT2D eigenvalue weighted by atomic mass is 10.3. The maximum absolute atomic E-state index is 12.3. The smallest absolute Gasteiger partial charge is 0.378 e. The quantitative estimate of drug-likeness (QED) is 0.148. The molecule has 1 amide bonds. The summed E-state index contributed by atoms with van der Waals surface area (Å²) in [6.07, 6.45) is -5.04. The monoisotopic (exact) mass is 589 g/mol. The van der Waals surface area contributed by atoms with Gasteiger partial charge in [-0.25, -0.2) is 13.1 Å². The second-order valence-electron chi connectivity index (χ2n) is 7.65. The van der Waals surface area contributed by atoms with Gasteiger partial charge >= 0.3 is 12.1 Å². The van der Waals surface area contributed by atoms with E-state index in [-0.39, 0.29) is 30.3 Å². The van der Waals surface area contributed by atoms with Gasteiger partial charge in [-0.1, -0.05) is 0 Å². The summed E-state index contributed by atoms with van der Waals surface area (Å²) >= 11 is 0. The Morgan fingerprint density at radius 3 is 1.46 bits per heavy atom. The van der Waals surface area contributed by atoms with E-state index in [9.17, 15) is 26.4 Å². The van der Waals surface area contributed by atoms with E-state index in [0.717, 1.165) is 30.8 Å². The van der Waals surface area contributed by atoms with Crippen LogP contribution in [-0.2, 0) is 43.2 Å². The van der Waals surface area contributed by atoms with Gasteiger partial charge in [0, 0.05) is 18.8 Å². The lowest BCUT2D eigenvalue weighted by Gasteiger charge is -2.10. The Balaban J connectivity index is 1.95. The molecule has 0 aliphatic rings. The van der Waals surface area contributed by atoms with Crippen LogP contribution in [0.2, 0.25) is 0 Å². The van der Waals surface area contributed by atoms with Crippen molar-refractivity contribution in [3.05, 3.63) is 24.3 Å². The predicted octanol–water partition coefficient (Wildman–Crippen LogP) is 0.785. The van der Waals surface area contributed by atoms with Crippen LogP contribution in [0.5, 0.6) is 0 Å². The molecule has 0 fully saturated rings. The highest BCUT2D eigenvalue weighted by Crippen LogP contribution is 2.19. The fourth-order valence-corrected chi connectivity index (χ4v) is 3.64. The van der Waals surface area contributed by atoms with Gasteiger partial charge in [-0.05, 0) is 31.3 Å². The summed E-state index contributed by atoms with van der Waals surface area (Å²) in [4.78, 5) is 10.7. The average molecular weight is 590 g/mol. The van der Waals surface area contributed by atoms with Gasteiger partial charge in [-0.15, -0.1) is 0 Å². The molecule has 0 atom stereocenters. The van der Waals surface area contributed by atoms with Crippen molar-refractivity contribution in [1.82, 2.24) is 10.0 Å². The first-order chi connectivity index (χ1) is 18.7. The molecule has 0 radical (unpaired) electrons. The molecular weight excluding hydrogens is 551 g/mol. The number of anilines is 1. The number of carbonyl (C=O) groups excluding carboxylic acids is 1. The zero-order valence-electron chi connectivity index (χ0n) is 21.9. The molecule has 1 aromatic rings. The Morgan fingerprint density at radius 1 is 0.692 bits per heavy atom. The first kappa shape index (κ1) is 35.1. The standard InChI is InChI=1S/C23H38F3N3O9S/c1-27-6-8-33-10-12-35-14-16-37-18-19-38-17-15-36-13-11-34-9-7-28-39(31,32)21-4-2-20(3-5-21)29-22(30)23(24,25)26/h2-5,27-28H,6-19H2,1H3,(H,29,30). The number of likely N-dealkylation sites (N-methyl/N-ethyl adjacent to an activating group) is 1. The molecule has 16 heteroatoms. The Morgan fingerprint density at radius 2 is 1.08 bits per heavy atom. The van der Waals surface area contributed by atoms with E-state index < -0.39 is 22.1 Å². The molecular formula is C23H38F3N3O9S. The average Bonchev–Trinajstić information content (AvgIpc) is 2.89. The predicted molar refractivity (Wildman–Crippen MR) is 135 cm³/mol. The van der Waals surface area contributed by atoms with Crippen LogP contribution >= 0.6 is 0 Å². The highest BCUT2D eigenvalue weighted by molar-refractivity contribution is 7.89. The number of halogens is 3. The van der Waals surface area contributed by atoms with Crippen LogP contribution in [-0.4, -0.2) is 120 Å². The van der Waals surface area contributed by atoms with E-state index in [1.807, 2.05) is 7.05 Å². The first-order valence-corrected chi connectivity index (χ1v) is 13.7. The molecule has 0 saturated carbocycles. The zero-order chi connectivity index (χ0) is 28.8. The molecule has 0 aromatic heterocycles. The molecule has 0 aliphatic carbocycles. The van der Waals surface area contributed by atoms with E-state index in [1.165, 1.54) is 0 Å². The molecule has 0 aliphatic heterocycles. The number of sulfonamides is 1. The molecule has 0 heterocycles. The number of carbonyl (C=O) groups is 1.